The molecule has 3 N–H and O–H groups in total. The molecular weight excluding hydrogens is 630 g/mol. The smallest absolute Gasteiger partial charge is 0.260 e. The Morgan fingerprint density at radius 3 is 2.46 bits per heavy atom. The van der Waals surface area contributed by atoms with E-state index in [1.165, 1.54) is 0 Å². The van der Waals surface area contributed by atoms with Gasteiger partial charge in [-0.3, -0.25) is 24.8 Å². The summed E-state index contributed by atoms with van der Waals surface area (Å²) in [6.07, 6.45) is 6.97. The van der Waals surface area contributed by atoms with Gasteiger partial charge in [0.15, 0.2) is 0 Å². The van der Waals surface area contributed by atoms with Crippen molar-refractivity contribution >= 4 is 5.91 Å². The van der Waals surface area contributed by atoms with Crippen LogP contribution in [0.1, 0.15) is 72.6 Å². The van der Waals surface area contributed by atoms with Gasteiger partial charge in [-0.2, -0.15) is 0 Å². The van der Waals surface area contributed by atoms with Crippen LogP contribution < -0.4 is 20.9 Å². The molecule has 4 heterocycles. The molecule has 50 heavy (non-hydrogen) atoms. The van der Waals surface area contributed by atoms with Gasteiger partial charge >= 0.3 is 0 Å². The van der Waals surface area contributed by atoms with Crippen molar-refractivity contribution in [3.05, 3.63) is 118 Å². The van der Waals surface area contributed by atoms with Crippen molar-refractivity contribution in [2.24, 2.45) is 0 Å². The zero-order chi connectivity index (χ0) is 34.5. The molecule has 1 amide bonds. The second-order valence-electron chi connectivity index (χ2n) is 13.8. The van der Waals surface area contributed by atoms with E-state index in [4.69, 9.17) is 9.47 Å². The minimum Gasteiger partial charge on any atom is -0.493 e. The standard InChI is InChI=1S/C40H47N5O5/c1-28(46)37(42-38(47)29-25-33(34-16-9-10-19-41-34)39(48)45(26-29)31-13-5-6-14-31)40(30-11-3-2-4-12-30,27-44-20-23-49-24-21-44)43-35-18-22-50-36-17-8-7-15-32(35)36/h2-4,7-12,15-17,19,25-26,28,31,35,37,43,46H,5-6,13-14,18,20-24,27H2,1H3,(H,42,47). The number of ether oxygens (including phenoxy) is 2. The van der Waals surface area contributed by atoms with Crippen molar-refractivity contribution in [3.63, 3.8) is 0 Å². The number of morpholine rings is 1. The van der Waals surface area contributed by atoms with Crippen LogP contribution in [0, 0.1) is 0 Å². The van der Waals surface area contributed by atoms with Gasteiger partial charge in [0.05, 0.1) is 54.3 Å². The van der Waals surface area contributed by atoms with Crippen molar-refractivity contribution < 1.29 is 19.4 Å². The van der Waals surface area contributed by atoms with Gasteiger partial charge in [-0.05, 0) is 49.6 Å². The Labute approximate surface area is 293 Å². The summed E-state index contributed by atoms with van der Waals surface area (Å²) in [5.74, 6) is 0.467. The number of hydrogen-bond donors (Lipinski definition) is 3. The molecule has 1 saturated heterocycles. The normalized spacial score (nSPS) is 20.6. The molecule has 0 radical (unpaired) electrons. The van der Waals surface area contributed by atoms with E-state index < -0.39 is 17.7 Å². The summed E-state index contributed by atoms with van der Waals surface area (Å²) in [5, 5.41) is 19.1. The van der Waals surface area contributed by atoms with Crippen molar-refractivity contribution in [2.45, 2.75) is 68.8 Å². The molecule has 0 bridgehead atoms. The minimum atomic E-state index is -0.959. The summed E-state index contributed by atoms with van der Waals surface area (Å²) >= 11 is 0. The van der Waals surface area contributed by atoms with Gasteiger partial charge in [0, 0.05) is 56.1 Å². The summed E-state index contributed by atoms with van der Waals surface area (Å²) in [4.78, 5) is 35.3. The van der Waals surface area contributed by atoms with Crippen molar-refractivity contribution in [1.82, 2.24) is 25.1 Å². The highest BCUT2D eigenvalue weighted by atomic mass is 16.5. The lowest BCUT2D eigenvalue weighted by molar-refractivity contribution is -0.00140. The third-order valence-electron chi connectivity index (χ3n) is 10.5. The molecule has 1 aliphatic carbocycles. The van der Waals surface area contributed by atoms with Gasteiger partial charge in [-0.1, -0.05) is 67.4 Å². The van der Waals surface area contributed by atoms with E-state index in [2.05, 4.69) is 38.7 Å². The second-order valence-corrected chi connectivity index (χ2v) is 13.8. The number of benzene rings is 2. The fourth-order valence-corrected chi connectivity index (χ4v) is 8.00. The molecule has 0 spiro atoms. The van der Waals surface area contributed by atoms with Crippen LogP contribution in [0.25, 0.3) is 11.3 Å². The average Bonchev–Trinajstić information content (AvgIpc) is 3.70. The highest BCUT2D eigenvalue weighted by Crippen LogP contribution is 2.38. The highest BCUT2D eigenvalue weighted by Gasteiger charge is 2.47. The number of aliphatic hydroxyl groups excluding tert-OH is 1. The zero-order valence-corrected chi connectivity index (χ0v) is 28.7. The molecule has 262 valence electrons. The number of hydrogen-bond acceptors (Lipinski definition) is 8. The van der Waals surface area contributed by atoms with Crippen LogP contribution in [0.2, 0.25) is 0 Å². The Balaban J connectivity index is 1.33. The second kappa shape index (κ2) is 15.3. The maximum atomic E-state index is 14.6. The quantitative estimate of drug-likeness (QED) is 0.207. The van der Waals surface area contributed by atoms with Crippen LogP contribution >= 0.6 is 0 Å². The molecule has 2 aliphatic heterocycles. The van der Waals surface area contributed by atoms with Crippen LogP contribution in [-0.2, 0) is 10.3 Å². The summed E-state index contributed by atoms with van der Waals surface area (Å²) in [5.41, 5.74) is 2.17. The fourth-order valence-electron chi connectivity index (χ4n) is 8.00. The van der Waals surface area contributed by atoms with Gasteiger partial charge < -0.3 is 24.5 Å². The highest BCUT2D eigenvalue weighted by molar-refractivity contribution is 5.95. The van der Waals surface area contributed by atoms with Gasteiger partial charge in [0.1, 0.15) is 5.75 Å². The van der Waals surface area contributed by atoms with Crippen LogP contribution in [-0.4, -0.2) is 77.1 Å². The monoisotopic (exact) mass is 677 g/mol. The molecule has 4 atom stereocenters. The summed E-state index contributed by atoms with van der Waals surface area (Å²) in [6.45, 7) is 5.45. The van der Waals surface area contributed by atoms with E-state index in [9.17, 15) is 14.7 Å². The maximum absolute atomic E-state index is 14.6. The van der Waals surface area contributed by atoms with Crippen LogP contribution in [0.4, 0.5) is 0 Å². The van der Waals surface area contributed by atoms with E-state index in [0.717, 1.165) is 62.1 Å². The third-order valence-corrected chi connectivity index (χ3v) is 10.5. The first kappa shape index (κ1) is 34.1. The number of nitrogens with one attached hydrogen (secondary N) is 2. The Morgan fingerprint density at radius 1 is 0.980 bits per heavy atom. The first-order valence-corrected chi connectivity index (χ1v) is 17.9. The SMILES string of the molecule is CC(O)C(NC(=O)c1cc(-c2ccccn2)c(=O)n(C2CCCC2)c1)C(CN1CCOCC1)(NC1CCOc2ccccc21)c1ccccc1. The molecule has 2 fully saturated rings. The minimum absolute atomic E-state index is 0.0188. The Bertz CT molecular complexity index is 1800. The van der Waals surface area contributed by atoms with Crippen molar-refractivity contribution in [1.29, 1.82) is 0 Å². The van der Waals surface area contributed by atoms with E-state index in [1.54, 1.807) is 36.0 Å². The van der Waals surface area contributed by atoms with Gasteiger partial charge in [0.25, 0.3) is 11.5 Å². The third kappa shape index (κ3) is 7.11. The molecule has 2 aromatic carbocycles. The largest absolute Gasteiger partial charge is 0.493 e. The number of aliphatic hydroxyl groups is 1. The van der Waals surface area contributed by atoms with Gasteiger partial charge in [-0.15, -0.1) is 0 Å². The Morgan fingerprint density at radius 2 is 1.72 bits per heavy atom. The molecule has 4 unspecified atom stereocenters. The molecule has 2 aromatic heterocycles. The number of carbonyl (C=O) groups is 1. The van der Waals surface area contributed by atoms with Crippen molar-refractivity contribution in [2.75, 3.05) is 39.5 Å². The topological polar surface area (TPSA) is 118 Å². The molecule has 7 rings (SSSR count). The fraction of sp³-hybridized carbons (Fsp3) is 0.425. The molecular formula is C40H47N5O5. The number of carbonyl (C=O) groups excluding carboxylic acids is 1. The number of fused-ring (bicyclic) bond motifs is 1. The van der Waals surface area contributed by atoms with Gasteiger partial charge in [-0.25, -0.2) is 0 Å². The molecule has 1 saturated carbocycles. The number of nitrogens with zero attached hydrogens (tertiary/aromatic N) is 3. The van der Waals surface area contributed by atoms with E-state index in [1.807, 2.05) is 48.5 Å². The van der Waals surface area contributed by atoms with E-state index in [0.29, 0.717) is 43.2 Å². The summed E-state index contributed by atoms with van der Waals surface area (Å²) in [6, 6.07) is 24.4. The number of amides is 1. The zero-order valence-electron chi connectivity index (χ0n) is 28.7. The van der Waals surface area contributed by atoms with Crippen LogP contribution in [0.15, 0.2) is 96.1 Å². The number of aromatic nitrogens is 2. The first-order chi connectivity index (χ1) is 24.4. The number of para-hydroxylation sites is 1. The van der Waals surface area contributed by atoms with E-state index >= 15 is 0 Å². The molecule has 10 heteroatoms. The Hall–Kier alpha value is -4.35. The summed E-state index contributed by atoms with van der Waals surface area (Å²) < 4.78 is 13.5. The van der Waals surface area contributed by atoms with Crippen molar-refractivity contribution in [3.8, 4) is 17.0 Å². The predicted molar refractivity (Wildman–Crippen MR) is 192 cm³/mol. The van der Waals surface area contributed by atoms with Crippen LogP contribution in [0.3, 0.4) is 0 Å². The first-order valence-electron chi connectivity index (χ1n) is 17.9. The molecule has 3 aliphatic rings. The van der Waals surface area contributed by atoms with Gasteiger partial charge in [0.2, 0.25) is 0 Å². The van der Waals surface area contributed by atoms with E-state index in [-0.39, 0.29) is 23.6 Å². The average molecular weight is 678 g/mol. The Kier molecular flexibility index (Phi) is 10.4. The maximum Gasteiger partial charge on any atom is 0.260 e. The predicted octanol–water partition coefficient (Wildman–Crippen LogP) is 4.85. The molecule has 10 nitrogen and oxygen atoms in total. The lowest BCUT2D eigenvalue weighted by Crippen LogP contribution is -2.67. The lowest BCUT2D eigenvalue weighted by Gasteiger charge is -2.49. The number of pyridine rings is 2. The molecule has 4 aromatic rings. The summed E-state index contributed by atoms with van der Waals surface area (Å²) in [7, 11) is 0. The lowest BCUT2D eigenvalue weighted by atomic mass is 9.77. The van der Waals surface area contributed by atoms with Crippen LogP contribution in [0.5, 0.6) is 5.75 Å². The number of rotatable bonds is 11.